The SMILES string of the molecule is C[C@@H]1CCN(C(=O)COC(=O)c2[nH]c3ccccc3c2Cl)c2ccccc2S1. The maximum Gasteiger partial charge on any atom is 0.356 e. The van der Waals surface area contributed by atoms with Crippen LogP contribution in [0.3, 0.4) is 0 Å². The van der Waals surface area contributed by atoms with Crippen LogP contribution in [0.25, 0.3) is 10.9 Å². The van der Waals surface area contributed by atoms with E-state index in [-0.39, 0.29) is 18.2 Å². The van der Waals surface area contributed by atoms with Gasteiger partial charge in [0.05, 0.1) is 10.7 Å². The second-order valence-electron chi connectivity index (χ2n) is 6.67. The van der Waals surface area contributed by atoms with Crippen LogP contribution < -0.4 is 4.90 Å². The predicted molar refractivity (Wildman–Crippen MR) is 112 cm³/mol. The molecule has 2 aromatic carbocycles. The largest absolute Gasteiger partial charge is 0.451 e. The van der Waals surface area contributed by atoms with E-state index in [0.29, 0.717) is 16.8 Å². The van der Waals surface area contributed by atoms with E-state index in [0.717, 1.165) is 27.9 Å². The molecule has 2 heterocycles. The van der Waals surface area contributed by atoms with Gasteiger partial charge in [-0.2, -0.15) is 0 Å². The van der Waals surface area contributed by atoms with Crippen molar-refractivity contribution in [2.75, 3.05) is 18.1 Å². The molecular weight excluding hydrogens is 396 g/mol. The molecule has 0 bridgehead atoms. The number of hydrogen-bond acceptors (Lipinski definition) is 4. The quantitative estimate of drug-likeness (QED) is 0.619. The minimum absolute atomic E-state index is 0.163. The number of amides is 1. The molecule has 28 heavy (non-hydrogen) atoms. The van der Waals surface area contributed by atoms with Crippen molar-refractivity contribution in [3.05, 3.63) is 59.2 Å². The van der Waals surface area contributed by atoms with Crippen molar-refractivity contribution in [3.63, 3.8) is 0 Å². The summed E-state index contributed by atoms with van der Waals surface area (Å²) in [6.07, 6.45) is 0.868. The Morgan fingerprint density at radius 3 is 2.79 bits per heavy atom. The van der Waals surface area contributed by atoms with Gasteiger partial charge in [0, 0.05) is 27.6 Å². The van der Waals surface area contributed by atoms with E-state index in [2.05, 4.69) is 11.9 Å². The molecule has 0 aliphatic carbocycles. The van der Waals surface area contributed by atoms with E-state index in [1.54, 1.807) is 16.7 Å². The number of aromatic nitrogens is 1. The first-order valence-electron chi connectivity index (χ1n) is 9.04. The van der Waals surface area contributed by atoms with Crippen LogP contribution >= 0.6 is 23.4 Å². The molecular formula is C21H19ClN2O3S. The summed E-state index contributed by atoms with van der Waals surface area (Å²) in [6, 6.07) is 15.2. The smallest absolute Gasteiger partial charge is 0.356 e. The zero-order valence-corrected chi connectivity index (χ0v) is 16.8. The van der Waals surface area contributed by atoms with E-state index < -0.39 is 5.97 Å². The maximum absolute atomic E-state index is 12.8. The molecule has 1 atom stereocenters. The highest BCUT2D eigenvalue weighted by molar-refractivity contribution is 8.00. The number of nitrogens with zero attached hydrogens (tertiary/aromatic N) is 1. The van der Waals surface area contributed by atoms with Crippen molar-refractivity contribution in [1.82, 2.24) is 4.98 Å². The zero-order valence-electron chi connectivity index (χ0n) is 15.3. The fraction of sp³-hybridized carbons (Fsp3) is 0.238. The summed E-state index contributed by atoms with van der Waals surface area (Å²) in [4.78, 5) is 31.0. The third-order valence-electron chi connectivity index (χ3n) is 4.72. The third kappa shape index (κ3) is 3.62. The fourth-order valence-corrected chi connectivity index (χ4v) is 4.67. The van der Waals surface area contributed by atoms with Gasteiger partial charge in [0.25, 0.3) is 5.91 Å². The van der Waals surface area contributed by atoms with E-state index in [1.165, 1.54) is 0 Å². The van der Waals surface area contributed by atoms with E-state index >= 15 is 0 Å². The molecule has 1 aromatic heterocycles. The van der Waals surface area contributed by atoms with E-state index in [1.807, 2.05) is 48.5 Å². The maximum atomic E-state index is 12.8. The minimum atomic E-state index is -0.639. The Labute approximate surface area is 172 Å². The number of benzene rings is 2. The molecule has 0 spiro atoms. The number of halogens is 1. The number of para-hydroxylation sites is 2. The average Bonchev–Trinajstić information content (AvgIpc) is 2.94. The van der Waals surface area contributed by atoms with Gasteiger partial charge in [-0.15, -0.1) is 11.8 Å². The van der Waals surface area contributed by atoms with Gasteiger partial charge >= 0.3 is 5.97 Å². The molecule has 3 aromatic rings. The Bertz CT molecular complexity index is 1050. The highest BCUT2D eigenvalue weighted by Crippen LogP contribution is 2.37. The number of aromatic amines is 1. The molecule has 1 aliphatic rings. The number of carbonyl (C=O) groups excluding carboxylic acids is 2. The van der Waals surface area contributed by atoms with Gasteiger partial charge in [-0.1, -0.05) is 48.9 Å². The number of hydrogen-bond donors (Lipinski definition) is 1. The zero-order chi connectivity index (χ0) is 19.7. The number of thioether (sulfide) groups is 1. The van der Waals surface area contributed by atoms with Crippen LogP contribution in [0.4, 0.5) is 5.69 Å². The van der Waals surface area contributed by atoms with Crippen LogP contribution in [0, 0.1) is 0 Å². The molecule has 0 saturated carbocycles. The van der Waals surface area contributed by atoms with Crippen molar-refractivity contribution in [2.45, 2.75) is 23.5 Å². The summed E-state index contributed by atoms with van der Waals surface area (Å²) in [6.45, 7) is 2.40. The van der Waals surface area contributed by atoms with Gasteiger partial charge in [0.15, 0.2) is 6.61 Å². The second kappa shape index (κ2) is 7.89. The molecule has 0 saturated heterocycles. The molecule has 5 nitrogen and oxygen atoms in total. The normalized spacial score (nSPS) is 16.5. The highest BCUT2D eigenvalue weighted by atomic mass is 35.5. The monoisotopic (exact) mass is 414 g/mol. The predicted octanol–water partition coefficient (Wildman–Crippen LogP) is 4.90. The second-order valence-corrected chi connectivity index (χ2v) is 8.52. The molecule has 1 aliphatic heterocycles. The van der Waals surface area contributed by atoms with Crippen LogP contribution in [0.15, 0.2) is 53.4 Å². The lowest BCUT2D eigenvalue weighted by Crippen LogP contribution is -2.35. The van der Waals surface area contributed by atoms with Gasteiger partial charge < -0.3 is 14.6 Å². The molecule has 1 amide bonds. The standard InChI is InChI=1S/C21H19ClN2O3S/c1-13-10-11-24(16-8-4-5-9-17(16)28-13)18(25)12-27-21(26)20-19(22)14-6-2-3-7-15(14)23-20/h2-9,13,23H,10-12H2,1H3/t13-/m1/s1. The number of carbonyl (C=O) groups is 2. The first-order valence-corrected chi connectivity index (χ1v) is 10.3. The van der Waals surface area contributed by atoms with Crippen LogP contribution in [0.1, 0.15) is 23.8 Å². The summed E-state index contributed by atoms with van der Waals surface area (Å²) < 4.78 is 5.28. The molecule has 1 N–H and O–H groups in total. The Balaban J connectivity index is 1.49. The number of rotatable bonds is 3. The Morgan fingerprint density at radius 1 is 1.21 bits per heavy atom. The molecule has 7 heteroatoms. The third-order valence-corrected chi connectivity index (χ3v) is 6.35. The van der Waals surface area contributed by atoms with Gasteiger partial charge in [0.1, 0.15) is 5.69 Å². The van der Waals surface area contributed by atoms with Crippen LogP contribution in [-0.2, 0) is 9.53 Å². The Hall–Kier alpha value is -2.44. The van der Waals surface area contributed by atoms with Crippen LogP contribution in [-0.4, -0.2) is 35.3 Å². The summed E-state index contributed by atoms with van der Waals surface area (Å²) in [5.74, 6) is -0.886. The van der Waals surface area contributed by atoms with E-state index in [9.17, 15) is 9.59 Å². The van der Waals surface area contributed by atoms with Gasteiger partial charge in [-0.3, -0.25) is 4.79 Å². The summed E-state index contributed by atoms with van der Waals surface area (Å²) >= 11 is 8.05. The van der Waals surface area contributed by atoms with Crippen molar-refractivity contribution >= 4 is 51.8 Å². The Morgan fingerprint density at radius 2 is 1.96 bits per heavy atom. The molecule has 0 fully saturated rings. The van der Waals surface area contributed by atoms with Crippen molar-refractivity contribution in [1.29, 1.82) is 0 Å². The number of fused-ring (bicyclic) bond motifs is 2. The Kier molecular flexibility index (Phi) is 5.33. The number of esters is 1. The van der Waals surface area contributed by atoms with Crippen LogP contribution in [0.2, 0.25) is 5.02 Å². The fourth-order valence-electron chi connectivity index (χ4n) is 3.27. The summed E-state index contributed by atoms with van der Waals surface area (Å²) in [5, 5.41) is 1.46. The highest BCUT2D eigenvalue weighted by Gasteiger charge is 2.26. The molecule has 0 radical (unpaired) electrons. The first kappa shape index (κ1) is 18.9. The van der Waals surface area contributed by atoms with Gasteiger partial charge in [-0.25, -0.2) is 4.79 Å². The lowest BCUT2D eigenvalue weighted by molar-refractivity contribution is -0.121. The van der Waals surface area contributed by atoms with Crippen molar-refractivity contribution < 1.29 is 14.3 Å². The molecule has 0 unspecified atom stereocenters. The summed E-state index contributed by atoms with van der Waals surface area (Å²) in [7, 11) is 0. The number of ether oxygens (including phenoxy) is 1. The lowest BCUT2D eigenvalue weighted by atomic mass is 10.2. The number of anilines is 1. The topological polar surface area (TPSA) is 62.4 Å². The first-order chi connectivity index (χ1) is 13.5. The number of H-pyrrole nitrogens is 1. The molecule has 4 rings (SSSR count). The molecule has 144 valence electrons. The van der Waals surface area contributed by atoms with E-state index in [4.69, 9.17) is 16.3 Å². The summed E-state index contributed by atoms with van der Waals surface area (Å²) in [5.41, 5.74) is 1.77. The van der Waals surface area contributed by atoms with Crippen molar-refractivity contribution in [2.24, 2.45) is 0 Å². The number of nitrogens with one attached hydrogen (secondary N) is 1. The van der Waals surface area contributed by atoms with Crippen LogP contribution in [0.5, 0.6) is 0 Å². The van der Waals surface area contributed by atoms with Gasteiger partial charge in [-0.05, 0) is 24.6 Å². The van der Waals surface area contributed by atoms with Gasteiger partial charge in [0.2, 0.25) is 0 Å². The average molecular weight is 415 g/mol. The lowest BCUT2D eigenvalue weighted by Gasteiger charge is -2.22. The minimum Gasteiger partial charge on any atom is -0.451 e. The van der Waals surface area contributed by atoms with Crippen molar-refractivity contribution in [3.8, 4) is 0 Å².